The Morgan fingerprint density at radius 2 is 1.45 bits per heavy atom. The Labute approximate surface area is 192 Å². The van der Waals surface area contributed by atoms with Crippen molar-refractivity contribution < 1.29 is 14.4 Å². The third-order valence-electron chi connectivity index (χ3n) is 7.57. The number of carbonyl (C=O) groups is 3. The van der Waals surface area contributed by atoms with E-state index in [1.54, 1.807) is 31.2 Å². The maximum Gasteiger partial charge on any atom is 0.180 e. The number of nitrogens with zero attached hydrogens (tertiary/aromatic N) is 1. The van der Waals surface area contributed by atoms with Crippen molar-refractivity contribution in [3.8, 4) is 0 Å². The Hall–Kier alpha value is -3.79. The summed E-state index contributed by atoms with van der Waals surface area (Å²) >= 11 is 0. The van der Waals surface area contributed by atoms with Crippen molar-refractivity contribution in [2.45, 2.75) is 31.8 Å². The lowest BCUT2D eigenvalue weighted by Gasteiger charge is -2.37. The van der Waals surface area contributed by atoms with Gasteiger partial charge in [-0.25, -0.2) is 0 Å². The normalized spacial score (nSPS) is 24.1. The fourth-order valence-electron chi connectivity index (χ4n) is 6.22. The molecule has 1 saturated heterocycles. The first-order valence-corrected chi connectivity index (χ1v) is 11.3. The first-order valence-electron chi connectivity index (χ1n) is 11.3. The summed E-state index contributed by atoms with van der Waals surface area (Å²) in [5, 5.41) is 0. The summed E-state index contributed by atoms with van der Waals surface area (Å²) < 4.78 is 0. The van der Waals surface area contributed by atoms with Gasteiger partial charge >= 0.3 is 0 Å². The van der Waals surface area contributed by atoms with Gasteiger partial charge in [-0.1, -0.05) is 84.4 Å². The third kappa shape index (κ3) is 2.44. The molecule has 0 aromatic heterocycles. The summed E-state index contributed by atoms with van der Waals surface area (Å²) in [5.41, 5.74) is 3.31. The van der Waals surface area contributed by atoms with E-state index < -0.39 is 23.4 Å². The number of para-hydroxylation sites is 1. The van der Waals surface area contributed by atoms with Crippen LogP contribution < -0.4 is 4.90 Å². The van der Waals surface area contributed by atoms with E-state index in [0.29, 0.717) is 11.1 Å². The Morgan fingerprint density at radius 1 is 0.848 bits per heavy atom. The Morgan fingerprint density at radius 3 is 2.09 bits per heavy atom. The quantitative estimate of drug-likeness (QED) is 0.533. The highest BCUT2D eigenvalue weighted by molar-refractivity contribution is 6.32. The topological polar surface area (TPSA) is 54.5 Å². The standard InChI is InChI=1S/C29H23NO3/c1-17-11-13-20(14-12-17)25-26(18(2)31)30-23-10-6-3-7-19(23)15-16-24(30)29(25)27(32)21-8-4-5-9-22(21)28(29)33/h3-16,24-26H,1-2H3. The van der Waals surface area contributed by atoms with Crippen LogP contribution in [0.15, 0.2) is 78.9 Å². The minimum atomic E-state index is -1.39. The Balaban J connectivity index is 1.68. The minimum absolute atomic E-state index is 0.0518. The average Bonchev–Trinajstić information content (AvgIpc) is 3.27. The first-order chi connectivity index (χ1) is 16.0. The van der Waals surface area contributed by atoms with Crippen LogP contribution in [-0.2, 0) is 4.79 Å². The predicted molar refractivity (Wildman–Crippen MR) is 128 cm³/mol. The van der Waals surface area contributed by atoms with E-state index in [2.05, 4.69) is 0 Å². The molecule has 0 saturated carbocycles. The van der Waals surface area contributed by atoms with Gasteiger partial charge in [-0.3, -0.25) is 14.4 Å². The van der Waals surface area contributed by atoms with Crippen molar-refractivity contribution >= 4 is 29.1 Å². The summed E-state index contributed by atoms with van der Waals surface area (Å²) in [6.07, 6.45) is 3.94. The maximum atomic E-state index is 14.2. The molecule has 0 bridgehead atoms. The van der Waals surface area contributed by atoms with Crippen LogP contribution in [0, 0.1) is 12.3 Å². The summed E-state index contributed by atoms with van der Waals surface area (Å²) in [6, 6.07) is 21.7. The van der Waals surface area contributed by atoms with Crippen LogP contribution in [0.1, 0.15) is 50.2 Å². The molecular formula is C29H23NO3. The van der Waals surface area contributed by atoms with Gasteiger partial charge in [0.05, 0.1) is 12.1 Å². The van der Waals surface area contributed by atoms with Crippen molar-refractivity contribution in [3.63, 3.8) is 0 Å². The number of fused-ring (bicyclic) bond motifs is 5. The molecule has 2 heterocycles. The zero-order valence-corrected chi connectivity index (χ0v) is 18.5. The molecule has 1 fully saturated rings. The molecule has 162 valence electrons. The van der Waals surface area contributed by atoms with Gasteiger partial charge in [-0.2, -0.15) is 0 Å². The lowest BCUT2D eigenvalue weighted by atomic mass is 9.64. The van der Waals surface area contributed by atoms with Crippen LogP contribution in [0.4, 0.5) is 5.69 Å². The molecule has 1 spiro atoms. The van der Waals surface area contributed by atoms with E-state index >= 15 is 0 Å². The molecule has 33 heavy (non-hydrogen) atoms. The van der Waals surface area contributed by atoms with Crippen LogP contribution in [-0.4, -0.2) is 29.4 Å². The van der Waals surface area contributed by atoms with Gasteiger partial charge < -0.3 is 4.90 Å². The molecule has 2 aliphatic heterocycles. The molecular weight excluding hydrogens is 410 g/mol. The summed E-state index contributed by atoms with van der Waals surface area (Å²) in [4.78, 5) is 43.8. The second-order valence-electron chi connectivity index (χ2n) is 9.29. The number of aryl methyl sites for hydroxylation is 1. The molecule has 0 N–H and O–H groups in total. The van der Waals surface area contributed by atoms with E-state index in [9.17, 15) is 14.4 Å². The maximum absolute atomic E-state index is 14.2. The number of ketones is 3. The molecule has 0 amide bonds. The van der Waals surface area contributed by atoms with Crippen LogP contribution >= 0.6 is 0 Å². The zero-order chi connectivity index (χ0) is 22.9. The number of benzene rings is 3. The van der Waals surface area contributed by atoms with Gasteiger partial charge in [0, 0.05) is 22.7 Å². The van der Waals surface area contributed by atoms with Crippen molar-refractivity contribution in [1.29, 1.82) is 0 Å². The van der Waals surface area contributed by atoms with Gasteiger partial charge in [0.2, 0.25) is 0 Å². The van der Waals surface area contributed by atoms with Gasteiger partial charge in [-0.05, 0) is 31.0 Å². The molecule has 3 aliphatic rings. The number of anilines is 1. The van der Waals surface area contributed by atoms with Crippen LogP contribution in [0.25, 0.3) is 6.08 Å². The average molecular weight is 434 g/mol. The summed E-state index contributed by atoms with van der Waals surface area (Å²) in [6.45, 7) is 3.57. The van der Waals surface area contributed by atoms with Crippen molar-refractivity contribution in [3.05, 3.63) is 107 Å². The highest BCUT2D eigenvalue weighted by Gasteiger charge is 2.71. The van der Waals surface area contributed by atoms with Crippen LogP contribution in [0.3, 0.4) is 0 Å². The molecule has 3 aromatic carbocycles. The van der Waals surface area contributed by atoms with Crippen LogP contribution in [0.2, 0.25) is 0 Å². The first kappa shape index (κ1) is 19.9. The number of Topliss-reactive ketones (excluding diaryl/α,β-unsaturated/α-hetero) is 3. The molecule has 4 nitrogen and oxygen atoms in total. The van der Waals surface area contributed by atoms with Crippen molar-refractivity contribution in [1.82, 2.24) is 0 Å². The number of hydrogen-bond donors (Lipinski definition) is 0. The van der Waals surface area contributed by atoms with Crippen molar-refractivity contribution in [2.24, 2.45) is 5.41 Å². The Kier molecular flexibility index (Phi) is 4.12. The van der Waals surface area contributed by atoms with E-state index in [0.717, 1.165) is 22.4 Å². The number of carbonyl (C=O) groups excluding carboxylic acids is 3. The second kappa shape index (κ2) is 6.85. The van der Waals surface area contributed by atoms with E-state index in [4.69, 9.17) is 0 Å². The van der Waals surface area contributed by atoms with Gasteiger partial charge in [0.25, 0.3) is 0 Å². The van der Waals surface area contributed by atoms with Crippen LogP contribution in [0.5, 0.6) is 0 Å². The molecule has 3 unspecified atom stereocenters. The van der Waals surface area contributed by atoms with Gasteiger partial charge in [0.1, 0.15) is 5.41 Å². The molecule has 6 rings (SSSR count). The lowest BCUT2D eigenvalue weighted by molar-refractivity contribution is -0.118. The molecule has 3 atom stereocenters. The SMILES string of the molecule is CC(=O)C1C(c2ccc(C)cc2)C2(C(=O)c3ccccc3C2=O)C2C=Cc3ccccc3N12. The second-order valence-corrected chi connectivity index (χ2v) is 9.29. The fraction of sp³-hybridized carbons (Fsp3) is 0.207. The highest BCUT2D eigenvalue weighted by atomic mass is 16.2. The number of rotatable bonds is 2. The Bertz CT molecular complexity index is 1330. The smallest absolute Gasteiger partial charge is 0.180 e. The van der Waals surface area contributed by atoms with Gasteiger partial charge in [-0.15, -0.1) is 0 Å². The third-order valence-corrected chi connectivity index (χ3v) is 7.57. The summed E-state index contributed by atoms with van der Waals surface area (Å²) in [5.74, 6) is -1.01. The van der Waals surface area contributed by atoms with E-state index in [1.165, 1.54) is 0 Å². The molecule has 4 heteroatoms. The van der Waals surface area contributed by atoms with E-state index in [1.807, 2.05) is 72.5 Å². The van der Waals surface area contributed by atoms with E-state index in [-0.39, 0.29) is 17.3 Å². The summed E-state index contributed by atoms with van der Waals surface area (Å²) in [7, 11) is 0. The fourth-order valence-corrected chi connectivity index (χ4v) is 6.22. The van der Waals surface area contributed by atoms with Gasteiger partial charge in [0.15, 0.2) is 17.3 Å². The van der Waals surface area contributed by atoms with Crippen molar-refractivity contribution in [2.75, 3.05) is 4.90 Å². The zero-order valence-electron chi connectivity index (χ0n) is 18.5. The molecule has 1 aliphatic carbocycles. The predicted octanol–water partition coefficient (Wildman–Crippen LogP) is 5.02. The number of hydrogen-bond acceptors (Lipinski definition) is 4. The highest BCUT2D eigenvalue weighted by Crippen LogP contribution is 2.60. The molecule has 3 aromatic rings. The molecule has 0 radical (unpaired) electrons. The lowest BCUT2D eigenvalue weighted by Crippen LogP contribution is -2.48. The monoisotopic (exact) mass is 433 g/mol. The minimum Gasteiger partial charge on any atom is -0.352 e. The largest absolute Gasteiger partial charge is 0.352 e.